The SMILES string of the molecule is Ic1ccc2ncnc(NCc3cccnc3)c2c1. The molecule has 0 radical (unpaired) electrons. The molecule has 2 aromatic heterocycles. The number of nitrogens with zero attached hydrogens (tertiary/aromatic N) is 3. The molecular formula is C14H11IN4. The largest absolute Gasteiger partial charge is 0.365 e. The molecule has 1 N–H and O–H groups in total. The summed E-state index contributed by atoms with van der Waals surface area (Å²) in [5, 5.41) is 4.38. The second-order valence-corrected chi connectivity index (χ2v) is 5.34. The lowest BCUT2D eigenvalue weighted by Gasteiger charge is -2.08. The van der Waals surface area contributed by atoms with Gasteiger partial charge in [0.25, 0.3) is 0 Å². The normalized spacial score (nSPS) is 10.6. The van der Waals surface area contributed by atoms with Crippen LogP contribution in [0, 0.1) is 3.57 Å². The fourth-order valence-corrected chi connectivity index (χ4v) is 2.35. The zero-order chi connectivity index (χ0) is 13.1. The van der Waals surface area contributed by atoms with Crippen molar-refractivity contribution in [3.8, 4) is 0 Å². The van der Waals surface area contributed by atoms with Gasteiger partial charge in [-0.15, -0.1) is 0 Å². The van der Waals surface area contributed by atoms with Crippen LogP contribution in [-0.2, 0) is 6.54 Å². The first kappa shape index (κ1) is 12.3. The van der Waals surface area contributed by atoms with Gasteiger partial charge in [-0.2, -0.15) is 0 Å². The maximum atomic E-state index is 4.32. The number of halogens is 1. The number of nitrogens with one attached hydrogen (secondary N) is 1. The number of anilines is 1. The van der Waals surface area contributed by atoms with Gasteiger partial charge in [0.1, 0.15) is 12.1 Å². The van der Waals surface area contributed by atoms with E-state index in [-0.39, 0.29) is 0 Å². The average Bonchev–Trinajstić information content (AvgIpc) is 2.46. The second-order valence-electron chi connectivity index (χ2n) is 4.10. The van der Waals surface area contributed by atoms with Crippen LogP contribution in [0.5, 0.6) is 0 Å². The van der Waals surface area contributed by atoms with Crippen molar-refractivity contribution in [2.75, 3.05) is 5.32 Å². The Morgan fingerprint density at radius 1 is 1.16 bits per heavy atom. The molecular weight excluding hydrogens is 351 g/mol. The van der Waals surface area contributed by atoms with E-state index in [1.165, 1.54) is 3.57 Å². The van der Waals surface area contributed by atoms with Gasteiger partial charge in [0.15, 0.2) is 0 Å². The summed E-state index contributed by atoms with van der Waals surface area (Å²) >= 11 is 2.29. The van der Waals surface area contributed by atoms with E-state index in [0.717, 1.165) is 22.3 Å². The molecule has 3 rings (SSSR count). The van der Waals surface area contributed by atoms with E-state index in [1.54, 1.807) is 12.5 Å². The molecule has 2 heterocycles. The topological polar surface area (TPSA) is 50.7 Å². The van der Waals surface area contributed by atoms with E-state index < -0.39 is 0 Å². The summed E-state index contributed by atoms with van der Waals surface area (Å²) in [7, 11) is 0. The molecule has 1 aromatic carbocycles. The summed E-state index contributed by atoms with van der Waals surface area (Å²) in [5.41, 5.74) is 2.07. The van der Waals surface area contributed by atoms with Crippen LogP contribution in [0.2, 0.25) is 0 Å². The molecule has 0 aliphatic rings. The number of pyridine rings is 1. The first-order valence-electron chi connectivity index (χ1n) is 5.86. The summed E-state index contributed by atoms with van der Waals surface area (Å²) in [6.45, 7) is 0.700. The minimum absolute atomic E-state index is 0.700. The molecule has 0 bridgehead atoms. The highest BCUT2D eigenvalue weighted by Crippen LogP contribution is 2.21. The minimum Gasteiger partial charge on any atom is -0.365 e. The quantitative estimate of drug-likeness (QED) is 0.727. The number of rotatable bonds is 3. The Hall–Kier alpha value is -1.76. The van der Waals surface area contributed by atoms with Crippen LogP contribution >= 0.6 is 22.6 Å². The summed E-state index contributed by atoms with van der Waals surface area (Å²) in [5.74, 6) is 0.854. The van der Waals surface area contributed by atoms with Crippen molar-refractivity contribution in [1.82, 2.24) is 15.0 Å². The molecule has 0 amide bonds. The van der Waals surface area contributed by atoms with Gasteiger partial charge in [-0.3, -0.25) is 4.98 Å². The molecule has 94 valence electrons. The molecule has 0 saturated heterocycles. The Labute approximate surface area is 124 Å². The highest BCUT2D eigenvalue weighted by atomic mass is 127. The molecule has 0 fully saturated rings. The molecule has 0 spiro atoms. The molecule has 5 heteroatoms. The zero-order valence-electron chi connectivity index (χ0n) is 10.0. The van der Waals surface area contributed by atoms with Crippen LogP contribution in [0.25, 0.3) is 10.9 Å². The molecule has 3 aromatic rings. The molecule has 19 heavy (non-hydrogen) atoms. The third kappa shape index (κ3) is 2.81. The monoisotopic (exact) mass is 362 g/mol. The number of hydrogen-bond acceptors (Lipinski definition) is 4. The lowest BCUT2D eigenvalue weighted by atomic mass is 10.2. The molecule has 0 atom stereocenters. The number of hydrogen-bond donors (Lipinski definition) is 1. The highest BCUT2D eigenvalue weighted by Gasteiger charge is 2.04. The molecule has 0 aliphatic heterocycles. The van der Waals surface area contributed by atoms with Gasteiger partial charge in [0.2, 0.25) is 0 Å². The van der Waals surface area contributed by atoms with Crippen LogP contribution in [0.1, 0.15) is 5.56 Å². The van der Waals surface area contributed by atoms with Crippen LogP contribution in [0.4, 0.5) is 5.82 Å². The van der Waals surface area contributed by atoms with E-state index in [1.807, 2.05) is 30.5 Å². The van der Waals surface area contributed by atoms with Crippen molar-refractivity contribution < 1.29 is 0 Å². The predicted octanol–water partition coefficient (Wildman–Crippen LogP) is 3.24. The number of aromatic nitrogens is 3. The smallest absolute Gasteiger partial charge is 0.137 e. The Morgan fingerprint density at radius 2 is 2.11 bits per heavy atom. The maximum Gasteiger partial charge on any atom is 0.137 e. The lowest BCUT2D eigenvalue weighted by Crippen LogP contribution is -2.02. The highest BCUT2D eigenvalue weighted by molar-refractivity contribution is 14.1. The Balaban J connectivity index is 1.90. The van der Waals surface area contributed by atoms with Crippen molar-refractivity contribution >= 4 is 39.3 Å². The second kappa shape index (κ2) is 5.48. The third-order valence-electron chi connectivity index (χ3n) is 2.78. The first-order valence-corrected chi connectivity index (χ1v) is 6.94. The summed E-state index contributed by atoms with van der Waals surface area (Å²) in [4.78, 5) is 12.7. The average molecular weight is 362 g/mol. The van der Waals surface area contributed by atoms with Crippen LogP contribution < -0.4 is 5.32 Å². The van der Waals surface area contributed by atoms with Gasteiger partial charge >= 0.3 is 0 Å². The Kier molecular flexibility index (Phi) is 3.54. The fraction of sp³-hybridized carbons (Fsp3) is 0.0714. The minimum atomic E-state index is 0.700. The van der Waals surface area contributed by atoms with E-state index in [9.17, 15) is 0 Å². The van der Waals surface area contributed by atoms with E-state index in [0.29, 0.717) is 6.54 Å². The standard InChI is InChI=1S/C14H11IN4/c15-11-3-4-13-12(6-11)14(19-9-18-13)17-8-10-2-1-5-16-7-10/h1-7,9H,8H2,(H,17,18,19). The van der Waals surface area contributed by atoms with Crippen LogP contribution in [0.15, 0.2) is 49.1 Å². The zero-order valence-corrected chi connectivity index (χ0v) is 12.2. The van der Waals surface area contributed by atoms with Crippen molar-refractivity contribution in [3.05, 3.63) is 58.2 Å². The summed E-state index contributed by atoms with van der Waals surface area (Å²) < 4.78 is 1.17. The van der Waals surface area contributed by atoms with Gasteiger partial charge < -0.3 is 5.32 Å². The van der Waals surface area contributed by atoms with Gasteiger partial charge in [-0.05, 0) is 52.4 Å². The van der Waals surface area contributed by atoms with Crippen molar-refractivity contribution in [3.63, 3.8) is 0 Å². The summed E-state index contributed by atoms with van der Waals surface area (Å²) in [6, 6.07) is 10.1. The predicted molar refractivity (Wildman–Crippen MR) is 83.8 cm³/mol. The first-order chi connectivity index (χ1) is 9.33. The van der Waals surface area contributed by atoms with E-state index in [4.69, 9.17) is 0 Å². The molecule has 0 saturated carbocycles. The lowest BCUT2D eigenvalue weighted by molar-refractivity contribution is 1.08. The van der Waals surface area contributed by atoms with Crippen LogP contribution in [0.3, 0.4) is 0 Å². The Morgan fingerprint density at radius 3 is 2.95 bits per heavy atom. The van der Waals surface area contributed by atoms with Crippen LogP contribution in [-0.4, -0.2) is 15.0 Å². The molecule has 0 aliphatic carbocycles. The molecule has 4 nitrogen and oxygen atoms in total. The van der Waals surface area contributed by atoms with Gasteiger partial charge in [-0.25, -0.2) is 9.97 Å². The number of fused-ring (bicyclic) bond motifs is 1. The fourth-order valence-electron chi connectivity index (χ4n) is 1.86. The third-order valence-corrected chi connectivity index (χ3v) is 3.45. The maximum absolute atomic E-state index is 4.32. The Bertz CT molecular complexity index is 700. The number of benzene rings is 1. The summed E-state index contributed by atoms with van der Waals surface area (Å²) in [6.07, 6.45) is 5.20. The van der Waals surface area contributed by atoms with Gasteiger partial charge in [-0.1, -0.05) is 6.07 Å². The van der Waals surface area contributed by atoms with Crippen molar-refractivity contribution in [2.45, 2.75) is 6.54 Å². The van der Waals surface area contributed by atoms with Crippen molar-refractivity contribution in [1.29, 1.82) is 0 Å². The van der Waals surface area contributed by atoms with Crippen molar-refractivity contribution in [2.24, 2.45) is 0 Å². The molecule has 0 unspecified atom stereocenters. The van der Waals surface area contributed by atoms with E-state index in [2.05, 4.69) is 48.9 Å². The van der Waals surface area contributed by atoms with Gasteiger partial charge in [0.05, 0.1) is 5.52 Å². The van der Waals surface area contributed by atoms with Gasteiger partial charge in [0, 0.05) is 27.9 Å². The van der Waals surface area contributed by atoms with E-state index >= 15 is 0 Å².